The lowest BCUT2D eigenvalue weighted by Gasteiger charge is -2.07. The van der Waals surface area contributed by atoms with E-state index in [1.54, 1.807) is 18.2 Å². The molecule has 0 amide bonds. The van der Waals surface area contributed by atoms with E-state index in [9.17, 15) is 14.5 Å². The first-order valence-electron chi connectivity index (χ1n) is 5.14. The van der Waals surface area contributed by atoms with Crippen LogP contribution in [0.25, 0.3) is 0 Å². The zero-order valence-corrected chi connectivity index (χ0v) is 11.1. The molecule has 0 bridgehead atoms. The summed E-state index contributed by atoms with van der Waals surface area (Å²) in [5.41, 5.74) is 5.59. The highest BCUT2D eigenvalue weighted by Crippen LogP contribution is 2.35. The third kappa shape index (κ3) is 3.00. The van der Waals surface area contributed by atoms with Crippen LogP contribution >= 0.6 is 15.9 Å². The van der Waals surface area contributed by atoms with Crippen molar-refractivity contribution in [1.82, 2.24) is 0 Å². The topological polar surface area (TPSA) is 78.4 Å². The molecule has 0 fully saturated rings. The van der Waals surface area contributed by atoms with Crippen LogP contribution in [0.1, 0.15) is 0 Å². The van der Waals surface area contributed by atoms with Gasteiger partial charge >= 0.3 is 5.69 Å². The Balaban J connectivity index is 2.44. The number of nitrogen functional groups attached to an aromatic ring is 1. The normalized spacial score (nSPS) is 10.2. The van der Waals surface area contributed by atoms with Gasteiger partial charge in [0.2, 0.25) is 5.75 Å². The summed E-state index contributed by atoms with van der Waals surface area (Å²) < 4.78 is 18.7. The SMILES string of the molecule is Nc1cccc(Oc2cc(Br)c(F)cc2[N+](=O)[O-])c1. The smallest absolute Gasteiger partial charge is 0.314 e. The number of nitrogens with zero attached hydrogens (tertiary/aromatic N) is 1. The summed E-state index contributed by atoms with van der Waals surface area (Å²) >= 11 is 2.95. The van der Waals surface area contributed by atoms with Crippen molar-refractivity contribution in [3.63, 3.8) is 0 Å². The zero-order valence-electron chi connectivity index (χ0n) is 9.47. The maximum atomic E-state index is 13.3. The van der Waals surface area contributed by atoms with Crippen molar-refractivity contribution in [3.8, 4) is 11.5 Å². The van der Waals surface area contributed by atoms with Gasteiger partial charge in [-0.25, -0.2) is 4.39 Å². The molecule has 0 aliphatic carbocycles. The maximum Gasteiger partial charge on any atom is 0.314 e. The molecule has 0 aromatic heterocycles. The van der Waals surface area contributed by atoms with Crippen LogP contribution in [0.2, 0.25) is 0 Å². The monoisotopic (exact) mass is 326 g/mol. The van der Waals surface area contributed by atoms with Crippen molar-refractivity contribution in [2.75, 3.05) is 5.73 Å². The quantitative estimate of drug-likeness (QED) is 0.527. The molecule has 0 atom stereocenters. The van der Waals surface area contributed by atoms with Gasteiger partial charge in [0.25, 0.3) is 0 Å². The molecule has 2 aromatic carbocycles. The van der Waals surface area contributed by atoms with Crippen molar-refractivity contribution in [2.45, 2.75) is 0 Å². The molecule has 0 heterocycles. The van der Waals surface area contributed by atoms with Crippen LogP contribution in [0.4, 0.5) is 15.8 Å². The summed E-state index contributed by atoms with van der Waals surface area (Å²) in [5, 5.41) is 10.9. The first-order valence-corrected chi connectivity index (χ1v) is 5.93. The maximum absolute atomic E-state index is 13.3. The van der Waals surface area contributed by atoms with Crippen LogP contribution in [0.15, 0.2) is 40.9 Å². The second kappa shape index (κ2) is 5.23. The number of nitro groups is 1. The van der Waals surface area contributed by atoms with Gasteiger partial charge in [0, 0.05) is 17.8 Å². The van der Waals surface area contributed by atoms with Crippen LogP contribution < -0.4 is 10.5 Å². The number of benzene rings is 2. The van der Waals surface area contributed by atoms with E-state index in [0.717, 1.165) is 6.07 Å². The molecule has 2 rings (SSSR count). The summed E-state index contributed by atoms with van der Waals surface area (Å²) in [6, 6.07) is 8.41. The Morgan fingerprint density at radius 3 is 2.68 bits per heavy atom. The van der Waals surface area contributed by atoms with E-state index in [0.29, 0.717) is 11.4 Å². The molecular formula is C12H8BrFN2O3. The molecule has 0 radical (unpaired) electrons. The Labute approximate surface area is 116 Å². The molecule has 0 aliphatic rings. The van der Waals surface area contributed by atoms with Crippen molar-refractivity contribution in [1.29, 1.82) is 0 Å². The average Bonchev–Trinajstić information content (AvgIpc) is 2.33. The molecule has 0 saturated heterocycles. The lowest BCUT2D eigenvalue weighted by Crippen LogP contribution is -1.95. The molecule has 5 nitrogen and oxygen atoms in total. The highest BCUT2D eigenvalue weighted by molar-refractivity contribution is 9.10. The molecule has 19 heavy (non-hydrogen) atoms. The molecule has 0 spiro atoms. The van der Waals surface area contributed by atoms with E-state index < -0.39 is 16.4 Å². The number of anilines is 1. The number of hydrogen-bond acceptors (Lipinski definition) is 4. The van der Waals surface area contributed by atoms with E-state index in [-0.39, 0.29) is 10.2 Å². The molecule has 0 unspecified atom stereocenters. The minimum atomic E-state index is -0.730. The summed E-state index contributed by atoms with van der Waals surface area (Å²) in [6.45, 7) is 0. The van der Waals surface area contributed by atoms with Crippen LogP contribution in [-0.2, 0) is 0 Å². The highest BCUT2D eigenvalue weighted by Gasteiger charge is 2.19. The van der Waals surface area contributed by atoms with Crippen LogP contribution in [0.5, 0.6) is 11.5 Å². The summed E-state index contributed by atoms with van der Waals surface area (Å²) in [7, 11) is 0. The van der Waals surface area contributed by atoms with Gasteiger partial charge in [-0.05, 0) is 28.1 Å². The first-order chi connectivity index (χ1) is 8.97. The van der Waals surface area contributed by atoms with Gasteiger partial charge in [0.1, 0.15) is 11.6 Å². The van der Waals surface area contributed by atoms with Crippen LogP contribution in [-0.4, -0.2) is 4.92 Å². The minimum Gasteiger partial charge on any atom is -0.450 e. The highest BCUT2D eigenvalue weighted by atomic mass is 79.9. The lowest BCUT2D eigenvalue weighted by molar-refractivity contribution is -0.385. The number of ether oxygens (including phenoxy) is 1. The number of rotatable bonds is 3. The van der Waals surface area contributed by atoms with Gasteiger partial charge in [-0.2, -0.15) is 0 Å². The Morgan fingerprint density at radius 1 is 1.32 bits per heavy atom. The Kier molecular flexibility index (Phi) is 3.66. The fourth-order valence-corrected chi connectivity index (χ4v) is 1.77. The van der Waals surface area contributed by atoms with E-state index in [1.165, 1.54) is 12.1 Å². The third-order valence-electron chi connectivity index (χ3n) is 2.28. The van der Waals surface area contributed by atoms with E-state index in [1.807, 2.05) is 0 Å². The van der Waals surface area contributed by atoms with E-state index >= 15 is 0 Å². The Bertz CT molecular complexity index is 649. The number of halogens is 2. The molecular weight excluding hydrogens is 319 g/mol. The van der Waals surface area contributed by atoms with Crippen molar-refractivity contribution in [2.24, 2.45) is 0 Å². The summed E-state index contributed by atoms with van der Waals surface area (Å²) in [5.74, 6) is -0.461. The van der Waals surface area contributed by atoms with Crippen LogP contribution in [0, 0.1) is 15.9 Å². The fraction of sp³-hybridized carbons (Fsp3) is 0. The second-order valence-electron chi connectivity index (χ2n) is 3.67. The third-order valence-corrected chi connectivity index (χ3v) is 2.89. The van der Waals surface area contributed by atoms with Gasteiger partial charge in [-0.15, -0.1) is 0 Å². The molecule has 7 heteroatoms. The molecule has 2 aromatic rings. The van der Waals surface area contributed by atoms with Gasteiger partial charge in [0.15, 0.2) is 0 Å². The number of hydrogen-bond donors (Lipinski definition) is 1. The zero-order chi connectivity index (χ0) is 14.0. The van der Waals surface area contributed by atoms with Crippen molar-refractivity contribution < 1.29 is 14.1 Å². The van der Waals surface area contributed by atoms with Gasteiger partial charge < -0.3 is 10.5 Å². The Hall–Kier alpha value is -2.15. The number of nitro benzene ring substituents is 1. The molecule has 2 N–H and O–H groups in total. The summed E-state index contributed by atoms with van der Waals surface area (Å²) in [4.78, 5) is 10.2. The lowest BCUT2D eigenvalue weighted by atomic mass is 10.2. The van der Waals surface area contributed by atoms with Crippen molar-refractivity contribution in [3.05, 3.63) is 56.8 Å². The fourth-order valence-electron chi connectivity index (χ4n) is 1.45. The van der Waals surface area contributed by atoms with Crippen LogP contribution in [0.3, 0.4) is 0 Å². The van der Waals surface area contributed by atoms with Gasteiger partial charge in [-0.3, -0.25) is 10.1 Å². The molecule has 0 saturated carbocycles. The van der Waals surface area contributed by atoms with Gasteiger partial charge in [-0.1, -0.05) is 6.07 Å². The predicted molar refractivity (Wildman–Crippen MR) is 71.7 cm³/mol. The Morgan fingerprint density at radius 2 is 2.05 bits per heavy atom. The second-order valence-corrected chi connectivity index (χ2v) is 4.52. The minimum absolute atomic E-state index is 0.0659. The first kappa shape index (κ1) is 13.3. The molecule has 0 aliphatic heterocycles. The van der Waals surface area contributed by atoms with E-state index in [2.05, 4.69) is 15.9 Å². The van der Waals surface area contributed by atoms with Gasteiger partial charge in [0.05, 0.1) is 15.5 Å². The summed E-state index contributed by atoms with van der Waals surface area (Å²) in [6.07, 6.45) is 0. The standard InChI is InChI=1S/C12H8BrFN2O3/c13-9-5-12(11(16(17)18)6-10(9)14)19-8-3-1-2-7(15)4-8/h1-6H,15H2. The van der Waals surface area contributed by atoms with Crippen molar-refractivity contribution >= 4 is 27.3 Å². The van der Waals surface area contributed by atoms with E-state index in [4.69, 9.17) is 10.5 Å². The number of nitrogens with two attached hydrogens (primary N) is 1. The average molecular weight is 327 g/mol. The largest absolute Gasteiger partial charge is 0.450 e. The predicted octanol–water partition coefficient (Wildman–Crippen LogP) is 3.87. The molecule has 98 valence electrons.